The molecule has 1 amide bonds. The minimum Gasteiger partial charge on any atom is -0.461 e. The Morgan fingerprint density at radius 3 is 2.25 bits per heavy atom. The Labute approximate surface area is 162 Å². The van der Waals surface area contributed by atoms with Crippen molar-refractivity contribution in [2.75, 3.05) is 13.2 Å². The van der Waals surface area contributed by atoms with Crippen LogP contribution in [0, 0.1) is 0 Å². The van der Waals surface area contributed by atoms with Gasteiger partial charge in [0.15, 0.2) is 0 Å². The molecular formula is C22H19NO5. The minimum absolute atomic E-state index is 0.0323. The fraction of sp³-hybridized carbons (Fsp3) is 0.0909. The Morgan fingerprint density at radius 1 is 0.893 bits per heavy atom. The number of fused-ring (bicyclic) bond motifs is 1. The summed E-state index contributed by atoms with van der Waals surface area (Å²) in [4.78, 5) is 23.0. The molecule has 0 aliphatic heterocycles. The summed E-state index contributed by atoms with van der Waals surface area (Å²) in [5, 5.41) is 4.08. The van der Waals surface area contributed by atoms with Crippen LogP contribution in [0.1, 0.15) is 0 Å². The van der Waals surface area contributed by atoms with Crippen molar-refractivity contribution in [2.45, 2.75) is 0 Å². The van der Waals surface area contributed by atoms with E-state index in [1.54, 1.807) is 12.1 Å². The van der Waals surface area contributed by atoms with Crippen molar-refractivity contribution in [1.82, 2.24) is 5.32 Å². The summed E-state index contributed by atoms with van der Waals surface area (Å²) in [5.74, 6) is 1.23. The largest absolute Gasteiger partial charge is 0.461 e. The van der Waals surface area contributed by atoms with Crippen LogP contribution in [0.5, 0.6) is 17.2 Å². The van der Waals surface area contributed by atoms with Gasteiger partial charge >= 0.3 is 12.1 Å². The molecule has 142 valence electrons. The molecule has 0 atom stereocenters. The average molecular weight is 377 g/mol. The van der Waals surface area contributed by atoms with Crippen molar-refractivity contribution in [3.63, 3.8) is 0 Å². The summed E-state index contributed by atoms with van der Waals surface area (Å²) >= 11 is 0. The molecule has 0 heterocycles. The van der Waals surface area contributed by atoms with E-state index in [-0.39, 0.29) is 13.2 Å². The van der Waals surface area contributed by atoms with Crippen LogP contribution in [0.2, 0.25) is 0 Å². The third-order valence-corrected chi connectivity index (χ3v) is 3.80. The highest BCUT2D eigenvalue weighted by Gasteiger charge is 2.12. The molecule has 1 N–H and O–H groups in total. The van der Waals surface area contributed by atoms with Gasteiger partial charge in [-0.1, -0.05) is 49.0 Å². The summed E-state index contributed by atoms with van der Waals surface area (Å²) in [6.07, 6.45) is 0.417. The number of rotatable bonds is 7. The maximum absolute atomic E-state index is 12.0. The minimum atomic E-state index is -0.642. The van der Waals surface area contributed by atoms with Crippen LogP contribution in [0.4, 0.5) is 4.79 Å². The van der Waals surface area contributed by atoms with Crippen molar-refractivity contribution in [3.8, 4) is 17.2 Å². The third-order valence-electron chi connectivity index (χ3n) is 3.80. The second kappa shape index (κ2) is 9.23. The number of ether oxygens (including phenoxy) is 3. The van der Waals surface area contributed by atoms with Crippen molar-refractivity contribution in [2.24, 2.45) is 0 Å². The molecule has 0 bridgehead atoms. The van der Waals surface area contributed by atoms with Crippen molar-refractivity contribution < 1.29 is 23.8 Å². The number of amides is 1. The molecule has 0 saturated carbocycles. The first-order valence-electron chi connectivity index (χ1n) is 8.67. The van der Waals surface area contributed by atoms with Crippen molar-refractivity contribution in [1.29, 1.82) is 0 Å². The Hall–Kier alpha value is -3.80. The van der Waals surface area contributed by atoms with Gasteiger partial charge in [-0.3, -0.25) is 0 Å². The number of para-hydroxylation sites is 1. The molecule has 0 saturated heterocycles. The van der Waals surface area contributed by atoms with Gasteiger partial charge in [0.1, 0.15) is 23.9 Å². The molecule has 0 fully saturated rings. The predicted octanol–water partition coefficient (Wildman–Crippen LogP) is 4.45. The SMILES string of the molecule is C=CC(=O)OCCNC(=O)Oc1ccc(Oc2ccccc2)c2ccccc12. The van der Waals surface area contributed by atoms with Crippen molar-refractivity contribution in [3.05, 3.63) is 79.4 Å². The highest BCUT2D eigenvalue weighted by molar-refractivity contribution is 5.94. The van der Waals surface area contributed by atoms with E-state index >= 15 is 0 Å². The van der Waals surface area contributed by atoms with E-state index in [4.69, 9.17) is 14.2 Å². The second-order valence-electron chi connectivity index (χ2n) is 5.71. The molecule has 3 aromatic carbocycles. The van der Waals surface area contributed by atoms with Crippen molar-refractivity contribution >= 4 is 22.8 Å². The normalized spacial score (nSPS) is 10.1. The Kier molecular flexibility index (Phi) is 6.25. The number of esters is 1. The lowest BCUT2D eigenvalue weighted by molar-refractivity contribution is -0.137. The van der Waals surface area contributed by atoms with Crippen LogP contribution in [-0.4, -0.2) is 25.2 Å². The van der Waals surface area contributed by atoms with Gasteiger partial charge < -0.3 is 19.5 Å². The molecule has 0 spiro atoms. The number of nitrogens with one attached hydrogen (secondary N) is 1. The summed E-state index contributed by atoms with van der Waals surface area (Å²) in [7, 11) is 0. The third kappa shape index (κ3) is 4.88. The monoisotopic (exact) mass is 377 g/mol. The summed E-state index contributed by atoms with van der Waals surface area (Å²) in [6.45, 7) is 3.46. The van der Waals surface area contributed by atoms with Gasteiger partial charge in [0.2, 0.25) is 0 Å². The highest BCUT2D eigenvalue weighted by Crippen LogP contribution is 2.35. The van der Waals surface area contributed by atoms with Gasteiger partial charge in [0.05, 0.1) is 6.54 Å². The van der Waals surface area contributed by atoms with Gasteiger partial charge in [0, 0.05) is 16.8 Å². The predicted molar refractivity (Wildman–Crippen MR) is 106 cm³/mol. The smallest absolute Gasteiger partial charge is 0.412 e. The number of hydrogen-bond acceptors (Lipinski definition) is 5. The van der Waals surface area contributed by atoms with Crippen LogP contribution in [0.25, 0.3) is 10.8 Å². The second-order valence-corrected chi connectivity index (χ2v) is 5.71. The van der Waals surface area contributed by atoms with Gasteiger partial charge in [-0.25, -0.2) is 9.59 Å². The van der Waals surface area contributed by atoms with Gasteiger partial charge in [-0.05, 0) is 24.3 Å². The Bertz CT molecular complexity index is 985. The fourth-order valence-electron chi connectivity index (χ4n) is 2.54. The Balaban J connectivity index is 1.70. The zero-order valence-electron chi connectivity index (χ0n) is 15.1. The van der Waals surface area contributed by atoms with Gasteiger partial charge in [-0.2, -0.15) is 0 Å². The first kappa shape index (κ1) is 19.0. The molecule has 0 radical (unpaired) electrons. The lowest BCUT2D eigenvalue weighted by Crippen LogP contribution is -2.30. The molecule has 0 aliphatic rings. The molecule has 3 rings (SSSR count). The summed E-state index contributed by atoms with van der Waals surface area (Å²) in [5.41, 5.74) is 0. The number of hydrogen-bond donors (Lipinski definition) is 1. The topological polar surface area (TPSA) is 73.9 Å². The molecule has 6 heteroatoms. The first-order valence-corrected chi connectivity index (χ1v) is 8.67. The molecular weight excluding hydrogens is 358 g/mol. The van der Waals surface area contributed by atoms with Crippen LogP contribution in [0.15, 0.2) is 79.4 Å². The maximum atomic E-state index is 12.0. The molecule has 0 unspecified atom stereocenters. The standard InChI is InChI=1S/C22H19NO5/c1-2-21(24)26-15-14-23-22(25)28-20-13-12-19(17-10-6-7-11-18(17)20)27-16-8-4-3-5-9-16/h2-13H,1,14-15H2,(H,23,25). The fourth-order valence-corrected chi connectivity index (χ4v) is 2.54. The zero-order chi connectivity index (χ0) is 19.8. The van der Waals surface area contributed by atoms with E-state index in [9.17, 15) is 9.59 Å². The van der Waals surface area contributed by atoms with Crippen LogP contribution in [0.3, 0.4) is 0 Å². The quantitative estimate of drug-likeness (QED) is 0.374. The number of carbonyl (C=O) groups is 2. The number of benzene rings is 3. The lowest BCUT2D eigenvalue weighted by atomic mass is 10.1. The Morgan fingerprint density at radius 2 is 1.54 bits per heavy atom. The molecule has 0 aromatic heterocycles. The lowest BCUT2D eigenvalue weighted by Gasteiger charge is -2.13. The average Bonchev–Trinajstić information content (AvgIpc) is 2.73. The summed E-state index contributed by atoms with van der Waals surface area (Å²) < 4.78 is 16.1. The van der Waals surface area contributed by atoms with Gasteiger partial charge in [0.25, 0.3) is 0 Å². The zero-order valence-corrected chi connectivity index (χ0v) is 15.1. The van der Waals surface area contributed by atoms with E-state index < -0.39 is 12.1 Å². The summed E-state index contributed by atoms with van der Waals surface area (Å²) in [6, 6.07) is 20.4. The van der Waals surface area contributed by atoms with Gasteiger partial charge in [-0.15, -0.1) is 0 Å². The molecule has 3 aromatic rings. The highest BCUT2D eigenvalue weighted by atomic mass is 16.6. The van der Waals surface area contributed by atoms with Crippen LogP contribution < -0.4 is 14.8 Å². The number of carbonyl (C=O) groups excluding carboxylic acids is 2. The van der Waals surface area contributed by atoms with E-state index in [1.165, 1.54) is 0 Å². The molecule has 28 heavy (non-hydrogen) atoms. The van der Waals surface area contributed by atoms with Crippen LogP contribution >= 0.6 is 0 Å². The van der Waals surface area contributed by atoms with E-state index in [0.717, 1.165) is 16.8 Å². The molecule has 0 aliphatic carbocycles. The van der Waals surface area contributed by atoms with E-state index in [1.807, 2.05) is 54.6 Å². The molecule has 6 nitrogen and oxygen atoms in total. The van der Waals surface area contributed by atoms with E-state index in [2.05, 4.69) is 11.9 Å². The van der Waals surface area contributed by atoms with E-state index in [0.29, 0.717) is 17.2 Å². The maximum Gasteiger partial charge on any atom is 0.412 e. The first-order chi connectivity index (χ1) is 13.7. The van der Waals surface area contributed by atoms with Crippen LogP contribution in [-0.2, 0) is 9.53 Å².